The average molecular weight is 268 g/mol. The van der Waals surface area contributed by atoms with Crippen LogP contribution in [0.5, 0.6) is 0 Å². The fraction of sp³-hybridized carbons (Fsp3) is 1.00. The molecule has 0 spiro atoms. The first-order valence-electron chi connectivity index (χ1n) is 8.08. The van der Waals surface area contributed by atoms with Crippen molar-refractivity contribution < 1.29 is 5.11 Å². The first-order valence-corrected chi connectivity index (χ1v) is 8.08. The van der Waals surface area contributed by atoms with Gasteiger partial charge in [0.15, 0.2) is 0 Å². The summed E-state index contributed by atoms with van der Waals surface area (Å²) in [5.74, 6) is 0.965. The van der Waals surface area contributed by atoms with Crippen LogP contribution < -0.4 is 0 Å². The molecule has 0 aromatic rings. The number of aliphatic hydroxyl groups excluding tert-OH is 1. The van der Waals surface area contributed by atoms with Crippen LogP contribution in [0.1, 0.15) is 46.5 Å². The summed E-state index contributed by atoms with van der Waals surface area (Å²) >= 11 is 0. The van der Waals surface area contributed by atoms with Crippen LogP contribution in [-0.4, -0.2) is 60.3 Å². The highest BCUT2D eigenvalue weighted by Crippen LogP contribution is 2.26. The standard InChI is InChI=1S/C16H32N2O/c1-16(2,3)15(19)13-18-10-8-17(9-11-18)12-14-6-4-5-7-14/h14-15,19H,4-13H2,1-3H3. The Balaban J connectivity index is 1.67. The highest BCUT2D eigenvalue weighted by Gasteiger charge is 2.27. The molecule has 0 aromatic heterocycles. The normalized spacial score (nSPS) is 25.9. The van der Waals surface area contributed by atoms with Crippen LogP contribution in [0.4, 0.5) is 0 Å². The van der Waals surface area contributed by atoms with Crippen LogP contribution in [0.3, 0.4) is 0 Å². The lowest BCUT2D eigenvalue weighted by Crippen LogP contribution is -2.50. The van der Waals surface area contributed by atoms with Crippen molar-refractivity contribution in [3.63, 3.8) is 0 Å². The summed E-state index contributed by atoms with van der Waals surface area (Å²) in [5, 5.41) is 10.2. The molecule has 112 valence electrons. The minimum absolute atomic E-state index is 0.000974. The summed E-state index contributed by atoms with van der Waals surface area (Å²) < 4.78 is 0. The van der Waals surface area contributed by atoms with Crippen molar-refractivity contribution in [3.8, 4) is 0 Å². The Bertz CT molecular complexity index is 260. The van der Waals surface area contributed by atoms with Gasteiger partial charge < -0.3 is 10.0 Å². The topological polar surface area (TPSA) is 26.7 Å². The van der Waals surface area contributed by atoms with Gasteiger partial charge in [0, 0.05) is 39.3 Å². The third-order valence-electron chi connectivity index (χ3n) is 4.89. The van der Waals surface area contributed by atoms with Crippen molar-refractivity contribution in [1.29, 1.82) is 0 Å². The molecule has 1 aliphatic carbocycles. The number of hydrogen-bond acceptors (Lipinski definition) is 3. The van der Waals surface area contributed by atoms with E-state index < -0.39 is 0 Å². The molecule has 1 N–H and O–H groups in total. The molecule has 0 amide bonds. The van der Waals surface area contributed by atoms with Gasteiger partial charge in [0.2, 0.25) is 0 Å². The van der Waals surface area contributed by atoms with E-state index in [0.29, 0.717) is 0 Å². The lowest BCUT2D eigenvalue weighted by molar-refractivity contribution is 0.0119. The zero-order chi connectivity index (χ0) is 13.9. The van der Waals surface area contributed by atoms with Crippen LogP contribution in [0.2, 0.25) is 0 Å². The smallest absolute Gasteiger partial charge is 0.0715 e. The van der Waals surface area contributed by atoms with Crippen molar-refractivity contribution in [1.82, 2.24) is 9.80 Å². The predicted molar refractivity (Wildman–Crippen MR) is 80.3 cm³/mol. The molecule has 1 saturated heterocycles. The fourth-order valence-electron chi connectivity index (χ4n) is 3.23. The highest BCUT2D eigenvalue weighted by atomic mass is 16.3. The third-order valence-corrected chi connectivity index (χ3v) is 4.89. The molecular formula is C16H32N2O. The SMILES string of the molecule is CC(C)(C)C(O)CN1CCN(CC2CCCC2)CC1. The molecule has 1 unspecified atom stereocenters. The number of nitrogens with zero attached hydrogens (tertiary/aromatic N) is 2. The van der Waals surface area contributed by atoms with Gasteiger partial charge in [-0.2, -0.15) is 0 Å². The maximum Gasteiger partial charge on any atom is 0.0715 e. The first kappa shape index (κ1) is 15.3. The van der Waals surface area contributed by atoms with Gasteiger partial charge in [-0.1, -0.05) is 33.6 Å². The zero-order valence-corrected chi connectivity index (χ0v) is 13.1. The molecule has 0 aromatic carbocycles. The van der Waals surface area contributed by atoms with E-state index in [1.807, 2.05) is 0 Å². The van der Waals surface area contributed by atoms with Crippen molar-refractivity contribution in [2.45, 2.75) is 52.6 Å². The summed E-state index contributed by atoms with van der Waals surface area (Å²) in [7, 11) is 0. The molecule has 19 heavy (non-hydrogen) atoms. The van der Waals surface area contributed by atoms with Crippen LogP contribution in [0.15, 0.2) is 0 Å². The molecule has 3 heteroatoms. The number of hydrogen-bond donors (Lipinski definition) is 1. The van der Waals surface area contributed by atoms with Gasteiger partial charge in [0.1, 0.15) is 0 Å². The Kier molecular flexibility index (Phi) is 5.27. The summed E-state index contributed by atoms with van der Waals surface area (Å²) in [6, 6.07) is 0. The molecule has 0 bridgehead atoms. The monoisotopic (exact) mass is 268 g/mol. The molecule has 3 nitrogen and oxygen atoms in total. The fourth-order valence-corrected chi connectivity index (χ4v) is 3.23. The van der Waals surface area contributed by atoms with Crippen LogP contribution in [0, 0.1) is 11.3 Å². The first-order chi connectivity index (χ1) is 8.95. The molecule has 2 fully saturated rings. The summed E-state index contributed by atoms with van der Waals surface area (Å²) in [6.45, 7) is 13.1. The van der Waals surface area contributed by atoms with Gasteiger partial charge in [-0.05, 0) is 24.2 Å². The molecular weight excluding hydrogens is 236 g/mol. The van der Waals surface area contributed by atoms with Crippen LogP contribution in [-0.2, 0) is 0 Å². The second-order valence-electron chi connectivity index (χ2n) is 7.63. The Morgan fingerprint density at radius 3 is 2.05 bits per heavy atom. The Labute approximate surface area is 119 Å². The van der Waals surface area contributed by atoms with Crippen LogP contribution in [0.25, 0.3) is 0 Å². The minimum Gasteiger partial charge on any atom is -0.391 e. The second kappa shape index (κ2) is 6.55. The van der Waals surface area contributed by atoms with E-state index in [1.54, 1.807) is 0 Å². The Hall–Kier alpha value is -0.120. The lowest BCUT2D eigenvalue weighted by Gasteiger charge is -2.38. The molecule has 1 saturated carbocycles. The van der Waals surface area contributed by atoms with Gasteiger partial charge in [0.25, 0.3) is 0 Å². The quantitative estimate of drug-likeness (QED) is 0.847. The number of β-amino-alcohol motifs (C(OH)–C–C–N with tert-alkyl or cyclic N) is 1. The average Bonchev–Trinajstić information content (AvgIpc) is 2.83. The van der Waals surface area contributed by atoms with Crippen molar-refractivity contribution >= 4 is 0 Å². The molecule has 2 aliphatic rings. The van der Waals surface area contributed by atoms with Gasteiger partial charge in [-0.3, -0.25) is 4.90 Å². The number of rotatable bonds is 4. The third kappa shape index (κ3) is 4.73. The van der Waals surface area contributed by atoms with Gasteiger partial charge >= 0.3 is 0 Å². The molecule has 0 radical (unpaired) electrons. The predicted octanol–water partition coefficient (Wildman–Crippen LogP) is 2.20. The van der Waals surface area contributed by atoms with E-state index in [1.165, 1.54) is 45.3 Å². The van der Waals surface area contributed by atoms with E-state index in [2.05, 4.69) is 30.6 Å². The van der Waals surface area contributed by atoms with Gasteiger partial charge in [0.05, 0.1) is 6.10 Å². The lowest BCUT2D eigenvalue weighted by atomic mass is 9.89. The Morgan fingerprint density at radius 1 is 1.00 bits per heavy atom. The molecule has 1 heterocycles. The van der Waals surface area contributed by atoms with E-state index in [0.717, 1.165) is 25.6 Å². The zero-order valence-electron chi connectivity index (χ0n) is 13.1. The molecule has 1 atom stereocenters. The van der Waals surface area contributed by atoms with Crippen molar-refractivity contribution in [2.75, 3.05) is 39.3 Å². The Morgan fingerprint density at radius 2 is 1.53 bits per heavy atom. The second-order valence-corrected chi connectivity index (χ2v) is 7.63. The largest absolute Gasteiger partial charge is 0.391 e. The summed E-state index contributed by atoms with van der Waals surface area (Å²) in [4.78, 5) is 5.07. The van der Waals surface area contributed by atoms with Gasteiger partial charge in [-0.25, -0.2) is 0 Å². The van der Waals surface area contributed by atoms with E-state index >= 15 is 0 Å². The van der Waals surface area contributed by atoms with E-state index in [9.17, 15) is 5.11 Å². The van der Waals surface area contributed by atoms with E-state index in [-0.39, 0.29) is 11.5 Å². The highest BCUT2D eigenvalue weighted by molar-refractivity contribution is 4.81. The maximum absolute atomic E-state index is 10.2. The van der Waals surface area contributed by atoms with Crippen molar-refractivity contribution in [3.05, 3.63) is 0 Å². The van der Waals surface area contributed by atoms with E-state index in [4.69, 9.17) is 0 Å². The molecule has 2 rings (SSSR count). The molecule has 1 aliphatic heterocycles. The van der Waals surface area contributed by atoms with Gasteiger partial charge in [-0.15, -0.1) is 0 Å². The maximum atomic E-state index is 10.2. The summed E-state index contributed by atoms with van der Waals surface area (Å²) in [5.41, 5.74) is 0.000974. The van der Waals surface area contributed by atoms with Crippen LogP contribution >= 0.6 is 0 Å². The number of aliphatic hydroxyl groups is 1. The number of piperazine rings is 1. The minimum atomic E-state index is -0.214. The summed E-state index contributed by atoms with van der Waals surface area (Å²) in [6.07, 6.45) is 5.57. The van der Waals surface area contributed by atoms with Crippen molar-refractivity contribution in [2.24, 2.45) is 11.3 Å².